The van der Waals surface area contributed by atoms with Gasteiger partial charge in [0.15, 0.2) is 0 Å². The van der Waals surface area contributed by atoms with Gasteiger partial charge in [-0.3, -0.25) is 9.69 Å². The maximum absolute atomic E-state index is 12.5. The van der Waals surface area contributed by atoms with Crippen molar-refractivity contribution in [2.75, 3.05) is 38.7 Å². The molecule has 0 aromatic carbocycles. The van der Waals surface area contributed by atoms with Crippen LogP contribution in [0.5, 0.6) is 0 Å². The van der Waals surface area contributed by atoms with Crippen molar-refractivity contribution in [3.05, 3.63) is 23.9 Å². The lowest BCUT2D eigenvalue weighted by molar-refractivity contribution is 0.0917. The average Bonchev–Trinajstić information content (AvgIpc) is 3.17. The Morgan fingerprint density at radius 3 is 2.95 bits per heavy atom. The Hall–Kier alpha value is -1.66. The Morgan fingerprint density at radius 1 is 1.38 bits per heavy atom. The van der Waals surface area contributed by atoms with E-state index < -0.39 is 0 Å². The van der Waals surface area contributed by atoms with Gasteiger partial charge < -0.3 is 15.4 Å². The summed E-state index contributed by atoms with van der Waals surface area (Å²) in [5.41, 5.74) is 0.576. The van der Waals surface area contributed by atoms with Crippen LogP contribution in [0.4, 0.5) is 5.82 Å². The predicted molar refractivity (Wildman–Crippen MR) is 80.5 cm³/mol. The molecular weight excluding hydrogens is 268 g/mol. The lowest BCUT2D eigenvalue weighted by atomic mass is 10.1. The number of nitrogens with one attached hydrogen (secondary N) is 2. The third kappa shape index (κ3) is 3.01. The Balaban J connectivity index is 1.68. The fourth-order valence-corrected chi connectivity index (χ4v) is 3.15. The Morgan fingerprint density at radius 2 is 2.19 bits per heavy atom. The number of amides is 1. The molecule has 1 aromatic heterocycles. The number of ether oxygens (including phenoxy) is 1. The summed E-state index contributed by atoms with van der Waals surface area (Å²) in [7, 11) is 1.77. The number of hydrogen-bond donors (Lipinski definition) is 2. The van der Waals surface area contributed by atoms with Crippen molar-refractivity contribution >= 4 is 11.7 Å². The highest BCUT2D eigenvalue weighted by molar-refractivity contribution is 5.98. The minimum absolute atomic E-state index is 0.0560. The van der Waals surface area contributed by atoms with Crippen LogP contribution in [0, 0.1) is 0 Å². The van der Waals surface area contributed by atoms with E-state index in [2.05, 4.69) is 20.5 Å². The first kappa shape index (κ1) is 14.3. The molecule has 2 fully saturated rings. The molecule has 1 amide bonds. The highest BCUT2D eigenvalue weighted by Crippen LogP contribution is 2.20. The molecule has 0 aliphatic carbocycles. The van der Waals surface area contributed by atoms with Gasteiger partial charge in [0.1, 0.15) is 5.82 Å². The van der Waals surface area contributed by atoms with Crippen molar-refractivity contribution in [3.8, 4) is 0 Å². The van der Waals surface area contributed by atoms with E-state index in [9.17, 15) is 4.79 Å². The number of hydrogen-bond acceptors (Lipinski definition) is 5. The molecule has 6 nitrogen and oxygen atoms in total. The van der Waals surface area contributed by atoms with E-state index in [-0.39, 0.29) is 11.9 Å². The largest absolute Gasteiger partial charge is 0.378 e. The maximum Gasteiger partial charge on any atom is 0.255 e. The second-order valence-electron chi connectivity index (χ2n) is 5.58. The van der Waals surface area contributed by atoms with Crippen molar-refractivity contribution in [2.24, 2.45) is 0 Å². The molecule has 6 heteroatoms. The second-order valence-corrected chi connectivity index (χ2v) is 5.58. The van der Waals surface area contributed by atoms with Crippen LogP contribution in [0.1, 0.15) is 23.2 Å². The van der Waals surface area contributed by atoms with Gasteiger partial charge in [-0.2, -0.15) is 0 Å². The monoisotopic (exact) mass is 290 g/mol. The number of carbonyl (C=O) groups excluding carboxylic acids is 1. The first-order valence-corrected chi connectivity index (χ1v) is 7.55. The minimum Gasteiger partial charge on any atom is -0.378 e. The molecule has 0 unspecified atom stereocenters. The van der Waals surface area contributed by atoms with Crippen molar-refractivity contribution in [3.63, 3.8) is 0 Å². The molecule has 114 valence electrons. The summed E-state index contributed by atoms with van der Waals surface area (Å²) in [5, 5.41) is 6.07. The standard InChI is InChI=1S/C15H22N4O2/c1-16-14-11(5-4-6-17-14)15(20)18-12-9-21-10-13(12)19-7-2-3-8-19/h4-6,12-13H,2-3,7-10H2,1H3,(H,16,17)(H,18,20)/t12-,13-/m0/s1. The average molecular weight is 290 g/mol. The quantitative estimate of drug-likeness (QED) is 0.855. The van der Waals surface area contributed by atoms with E-state index in [0.29, 0.717) is 30.6 Å². The summed E-state index contributed by atoms with van der Waals surface area (Å²) >= 11 is 0. The van der Waals surface area contributed by atoms with Gasteiger partial charge >= 0.3 is 0 Å². The normalized spacial score (nSPS) is 26.0. The zero-order chi connectivity index (χ0) is 14.7. The summed E-state index contributed by atoms with van der Waals surface area (Å²) in [6, 6.07) is 3.92. The highest BCUT2D eigenvalue weighted by atomic mass is 16.5. The summed E-state index contributed by atoms with van der Waals surface area (Å²) in [6.45, 7) is 3.50. The van der Waals surface area contributed by atoms with Gasteiger partial charge in [-0.1, -0.05) is 0 Å². The van der Waals surface area contributed by atoms with Gasteiger partial charge in [-0.25, -0.2) is 4.98 Å². The molecule has 21 heavy (non-hydrogen) atoms. The van der Waals surface area contributed by atoms with Gasteiger partial charge in [-0.05, 0) is 38.1 Å². The summed E-state index contributed by atoms with van der Waals surface area (Å²) in [6.07, 6.45) is 4.15. The van der Waals surface area contributed by atoms with Gasteiger partial charge in [0, 0.05) is 13.2 Å². The highest BCUT2D eigenvalue weighted by Gasteiger charge is 2.35. The fourth-order valence-electron chi connectivity index (χ4n) is 3.15. The molecule has 0 spiro atoms. The zero-order valence-electron chi connectivity index (χ0n) is 12.3. The van der Waals surface area contributed by atoms with E-state index in [1.54, 1.807) is 25.4 Å². The molecule has 2 aliphatic heterocycles. The van der Waals surface area contributed by atoms with Crippen LogP contribution in [0.15, 0.2) is 18.3 Å². The molecule has 2 saturated heterocycles. The molecule has 2 N–H and O–H groups in total. The number of nitrogens with zero attached hydrogens (tertiary/aromatic N) is 2. The van der Waals surface area contributed by atoms with E-state index in [1.807, 2.05) is 0 Å². The molecule has 0 saturated carbocycles. The number of anilines is 1. The molecular formula is C15H22N4O2. The van der Waals surface area contributed by atoms with Crippen LogP contribution in [-0.2, 0) is 4.74 Å². The predicted octanol–water partition coefficient (Wildman–Crippen LogP) is 0.716. The van der Waals surface area contributed by atoms with Gasteiger partial charge in [0.05, 0.1) is 30.9 Å². The third-order valence-corrected chi connectivity index (χ3v) is 4.27. The first-order valence-electron chi connectivity index (χ1n) is 7.55. The van der Waals surface area contributed by atoms with Crippen LogP contribution in [0.25, 0.3) is 0 Å². The van der Waals surface area contributed by atoms with Gasteiger partial charge in [-0.15, -0.1) is 0 Å². The zero-order valence-corrected chi connectivity index (χ0v) is 12.3. The molecule has 0 bridgehead atoms. The van der Waals surface area contributed by atoms with E-state index in [0.717, 1.165) is 13.1 Å². The lowest BCUT2D eigenvalue weighted by Crippen LogP contribution is -2.50. The summed E-state index contributed by atoms with van der Waals surface area (Å²) in [4.78, 5) is 19.1. The molecule has 3 rings (SSSR count). The van der Waals surface area contributed by atoms with Crippen LogP contribution < -0.4 is 10.6 Å². The van der Waals surface area contributed by atoms with Crippen LogP contribution in [0.2, 0.25) is 0 Å². The van der Waals surface area contributed by atoms with Crippen LogP contribution in [0.3, 0.4) is 0 Å². The van der Waals surface area contributed by atoms with Gasteiger partial charge in [0.2, 0.25) is 0 Å². The smallest absolute Gasteiger partial charge is 0.255 e. The Bertz CT molecular complexity index is 502. The van der Waals surface area contributed by atoms with Crippen molar-refractivity contribution in [2.45, 2.75) is 24.9 Å². The minimum atomic E-state index is -0.0906. The molecule has 0 radical (unpaired) electrons. The second kappa shape index (κ2) is 6.41. The lowest BCUT2D eigenvalue weighted by Gasteiger charge is -2.28. The number of aromatic nitrogens is 1. The molecule has 2 atom stereocenters. The number of carbonyl (C=O) groups is 1. The Kier molecular flexibility index (Phi) is 4.36. The van der Waals surface area contributed by atoms with E-state index in [1.165, 1.54) is 12.8 Å². The third-order valence-electron chi connectivity index (χ3n) is 4.27. The van der Waals surface area contributed by atoms with Gasteiger partial charge in [0.25, 0.3) is 5.91 Å². The summed E-state index contributed by atoms with van der Waals surface area (Å²) < 4.78 is 5.59. The number of pyridine rings is 1. The van der Waals surface area contributed by atoms with Crippen LogP contribution >= 0.6 is 0 Å². The maximum atomic E-state index is 12.5. The van der Waals surface area contributed by atoms with E-state index >= 15 is 0 Å². The topological polar surface area (TPSA) is 66.5 Å². The fraction of sp³-hybridized carbons (Fsp3) is 0.600. The van der Waals surface area contributed by atoms with Crippen molar-refractivity contribution in [1.29, 1.82) is 0 Å². The summed E-state index contributed by atoms with van der Waals surface area (Å²) in [5.74, 6) is 0.513. The molecule has 1 aromatic rings. The van der Waals surface area contributed by atoms with Crippen molar-refractivity contribution in [1.82, 2.24) is 15.2 Å². The number of rotatable bonds is 4. The first-order chi connectivity index (χ1) is 10.3. The SMILES string of the molecule is CNc1ncccc1C(=O)N[C@H]1COC[C@@H]1N1CCCC1. The number of likely N-dealkylation sites (tertiary alicyclic amines) is 1. The van der Waals surface area contributed by atoms with Crippen LogP contribution in [-0.4, -0.2) is 61.2 Å². The Labute approximate surface area is 124 Å². The van der Waals surface area contributed by atoms with Crippen molar-refractivity contribution < 1.29 is 9.53 Å². The van der Waals surface area contributed by atoms with E-state index in [4.69, 9.17) is 4.74 Å². The molecule has 2 aliphatic rings. The molecule has 3 heterocycles.